The number of hydrogen-bond acceptors (Lipinski definition) is 5. The summed E-state index contributed by atoms with van der Waals surface area (Å²) in [5, 5.41) is 2.82. The monoisotopic (exact) mass is 487 g/mol. The van der Waals surface area contributed by atoms with E-state index in [4.69, 9.17) is 4.74 Å². The summed E-state index contributed by atoms with van der Waals surface area (Å²) < 4.78 is 34.5. The third kappa shape index (κ3) is 4.78. The summed E-state index contributed by atoms with van der Waals surface area (Å²) in [6, 6.07) is 11.6. The van der Waals surface area contributed by atoms with E-state index in [1.807, 2.05) is 6.92 Å². The smallest absolute Gasteiger partial charge is 0.387 e. The maximum atomic E-state index is 13.2. The number of para-hydroxylation sites is 1. The van der Waals surface area contributed by atoms with Gasteiger partial charge >= 0.3 is 6.61 Å². The first-order valence-electron chi connectivity index (χ1n) is 11.4. The molecule has 3 amide bonds. The van der Waals surface area contributed by atoms with Crippen molar-refractivity contribution in [3.05, 3.63) is 53.6 Å². The van der Waals surface area contributed by atoms with Gasteiger partial charge in [0.1, 0.15) is 5.66 Å². The fourth-order valence-electron chi connectivity index (χ4n) is 4.75. The molecule has 10 heteroatoms. The summed E-state index contributed by atoms with van der Waals surface area (Å²) in [6.45, 7) is -0.605. The van der Waals surface area contributed by atoms with E-state index in [9.17, 15) is 23.2 Å². The van der Waals surface area contributed by atoms with Gasteiger partial charge in [-0.3, -0.25) is 19.3 Å². The van der Waals surface area contributed by atoms with E-state index in [1.54, 1.807) is 46.2 Å². The van der Waals surface area contributed by atoms with Crippen LogP contribution in [-0.4, -0.2) is 55.1 Å². The first kappa shape index (κ1) is 24.4. The highest BCUT2D eigenvalue weighted by atomic mass is 19.3. The second kappa shape index (κ2) is 9.89. The van der Waals surface area contributed by atoms with Crippen molar-refractivity contribution in [1.29, 1.82) is 0 Å². The Morgan fingerprint density at radius 3 is 2.69 bits per heavy atom. The molecule has 0 aromatic heterocycles. The summed E-state index contributed by atoms with van der Waals surface area (Å²) >= 11 is 0. The van der Waals surface area contributed by atoms with E-state index in [2.05, 4.69) is 10.1 Å². The van der Waals surface area contributed by atoms with E-state index in [-0.39, 0.29) is 42.2 Å². The van der Waals surface area contributed by atoms with Crippen molar-refractivity contribution in [2.45, 2.75) is 44.9 Å². The first-order chi connectivity index (χ1) is 16.7. The molecule has 8 nitrogen and oxygen atoms in total. The molecular formula is C25H27F2N3O5. The number of nitrogens with one attached hydrogen (secondary N) is 1. The molecule has 35 heavy (non-hydrogen) atoms. The largest absolute Gasteiger partial charge is 0.493 e. The Labute approximate surface area is 201 Å². The zero-order chi connectivity index (χ0) is 25.2. The van der Waals surface area contributed by atoms with E-state index in [0.717, 1.165) is 5.56 Å². The van der Waals surface area contributed by atoms with Gasteiger partial charge in [0.05, 0.1) is 18.4 Å². The molecule has 1 unspecified atom stereocenters. The number of methoxy groups -OCH3 is 1. The Morgan fingerprint density at radius 2 is 1.94 bits per heavy atom. The van der Waals surface area contributed by atoms with Gasteiger partial charge in [-0.1, -0.05) is 18.2 Å². The number of carbonyl (C=O) groups excluding carboxylic acids is 3. The molecule has 2 aliphatic heterocycles. The Morgan fingerprint density at radius 1 is 1.17 bits per heavy atom. The van der Waals surface area contributed by atoms with Gasteiger partial charge in [-0.25, -0.2) is 0 Å². The number of carbonyl (C=O) groups is 3. The normalized spacial score (nSPS) is 19.0. The van der Waals surface area contributed by atoms with Crippen LogP contribution in [0.3, 0.4) is 0 Å². The Balaban J connectivity index is 1.35. The van der Waals surface area contributed by atoms with E-state index >= 15 is 0 Å². The van der Waals surface area contributed by atoms with Crippen molar-refractivity contribution >= 4 is 23.4 Å². The number of anilines is 1. The number of alkyl halides is 2. The molecule has 0 saturated carbocycles. The molecule has 1 atom stereocenters. The lowest BCUT2D eigenvalue weighted by molar-refractivity contribution is -0.121. The van der Waals surface area contributed by atoms with Crippen LogP contribution >= 0.6 is 0 Å². The number of halogens is 2. The van der Waals surface area contributed by atoms with E-state index in [0.29, 0.717) is 37.1 Å². The van der Waals surface area contributed by atoms with Crippen LogP contribution in [0, 0.1) is 0 Å². The van der Waals surface area contributed by atoms with Gasteiger partial charge in [-0.05, 0) is 49.6 Å². The van der Waals surface area contributed by atoms with Crippen LogP contribution in [0.5, 0.6) is 11.5 Å². The van der Waals surface area contributed by atoms with Crippen molar-refractivity contribution in [2.24, 2.45) is 0 Å². The van der Waals surface area contributed by atoms with Crippen LogP contribution in [0.25, 0.3) is 0 Å². The van der Waals surface area contributed by atoms with Gasteiger partial charge in [0, 0.05) is 25.9 Å². The first-order valence-corrected chi connectivity index (χ1v) is 11.4. The number of fused-ring (bicyclic) bond motifs is 3. The molecule has 186 valence electrons. The van der Waals surface area contributed by atoms with Crippen LogP contribution in [0.15, 0.2) is 42.5 Å². The Bertz CT molecular complexity index is 1140. The second-order valence-corrected chi connectivity index (χ2v) is 8.63. The van der Waals surface area contributed by atoms with Crippen LogP contribution in [0.2, 0.25) is 0 Å². The maximum Gasteiger partial charge on any atom is 0.387 e. The highest BCUT2D eigenvalue weighted by Crippen LogP contribution is 2.43. The second-order valence-electron chi connectivity index (χ2n) is 8.63. The minimum atomic E-state index is -2.95. The molecule has 2 aliphatic rings. The van der Waals surface area contributed by atoms with Crippen LogP contribution < -0.4 is 19.7 Å². The molecule has 1 fully saturated rings. The standard InChI is InChI=1S/C25H27F2N3O5/c1-25-12-9-22(32)30(25)18-6-4-3-5-17(18)23(33)29(25)14-11-21(31)28-13-10-16-7-8-19(35-24(26)27)20(15-16)34-2/h3-8,15,24H,9-14H2,1-2H3,(H,28,31). The fraction of sp³-hybridized carbons (Fsp3) is 0.400. The summed E-state index contributed by atoms with van der Waals surface area (Å²) in [7, 11) is 1.36. The van der Waals surface area contributed by atoms with Crippen LogP contribution in [-0.2, 0) is 16.0 Å². The molecule has 2 heterocycles. The van der Waals surface area contributed by atoms with Crippen molar-refractivity contribution < 1.29 is 32.6 Å². The summed E-state index contributed by atoms with van der Waals surface area (Å²) in [5.74, 6) is -0.346. The number of nitrogens with zero attached hydrogens (tertiary/aromatic N) is 2. The number of rotatable bonds is 9. The zero-order valence-corrected chi connectivity index (χ0v) is 19.6. The molecule has 0 bridgehead atoms. The molecule has 1 N–H and O–H groups in total. The lowest BCUT2D eigenvalue weighted by Gasteiger charge is -2.48. The van der Waals surface area contributed by atoms with E-state index in [1.165, 1.54) is 13.2 Å². The van der Waals surface area contributed by atoms with Gasteiger partial charge in [0.2, 0.25) is 11.8 Å². The molecule has 2 aromatic rings. The van der Waals surface area contributed by atoms with Gasteiger partial charge in [0.15, 0.2) is 11.5 Å². The minimum Gasteiger partial charge on any atom is -0.493 e. The van der Waals surface area contributed by atoms with Crippen LogP contribution in [0.1, 0.15) is 42.1 Å². The van der Waals surface area contributed by atoms with Crippen molar-refractivity contribution in [2.75, 3.05) is 25.1 Å². The molecule has 2 aromatic carbocycles. The maximum absolute atomic E-state index is 13.2. The third-order valence-corrected chi connectivity index (χ3v) is 6.49. The number of benzene rings is 2. The summed E-state index contributed by atoms with van der Waals surface area (Å²) in [5.41, 5.74) is 1.04. The van der Waals surface area contributed by atoms with Gasteiger partial charge in [0.25, 0.3) is 5.91 Å². The van der Waals surface area contributed by atoms with Crippen molar-refractivity contribution in [3.8, 4) is 11.5 Å². The van der Waals surface area contributed by atoms with Gasteiger partial charge < -0.3 is 19.7 Å². The predicted octanol–water partition coefficient (Wildman–Crippen LogP) is 3.34. The average Bonchev–Trinajstić information content (AvgIpc) is 3.14. The van der Waals surface area contributed by atoms with Crippen LogP contribution in [0.4, 0.5) is 14.5 Å². The van der Waals surface area contributed by atoms with Gasteiger partial charge in [-0.15, -0.1) is 0 Å². The Hall–Kier alpha value is -3.69. The summed E-state index contributed by atoms with van der Waals surface area (Å²) in [6.07, 6.45) is 1.37. The van der Waals surface area contributed by atoms with Gasteiger partial charge in [-0.2, -0.15) is 8.78 Å². The molecule has 0 radical (unpaired) electrons. The topological polar surface area (TPSA) is 88.2 Å². The third-order valence-electron chi connectivity index (χ3n) is 6.49. The predicted molar refractivity (Wildman–Crippen MR) is 124 cm³/mol. The number of amides is 3. The highest BCUT2D eigenvalue weighted by Gasteiger charge is 2.52. The SMILES string of the molecule is COc1cc(CCNC(=O)CCN2C(=O)c3ccccc3N3C(=O)CCC23C)ccc1OC(F)F. The number of hydrogen-bond donors (Lipinski definition) is 1. The molecule has 0 spiro atoms. The number of ether oxygens (including phenoxy) is 2. The average molecular weight is 488 g/mol. The minimum absolute atomic E-state index is 0.0395. The van der Waals surface area contributed by atoms with E-state index < -0.39 is 12.3 Å². The lowest BCUT2D eigenvalue weighted by atomic mass is 9.98. The molecule has 0 aliphatic carbocycles. The fourth-order valence-corrected chi connectivity index (χ4v) is 4.75. The molecule has 4 rings (SSSR count). The van der Waals surface area contributed by atoms with Crippen molar-refractivity contribution in [3.63, 3.8) is 0 Å². The summed E-state index contributed by atoms with van der Waals surface area (Å²) in [4.78, 5) is 41.7. The zero-order valence-electron chi connectivity index (χ0n) is 19.6. The quantitative estimate of drug-likeness (QED) is 0.586. The molecular weight excluding hydrogens is 460 g/mol. The van der Waals surface area contributed by atoms with Crippen molar-refractivity contribution in [1.82, 2.24) is 10.2 Å². The lowest BCUT2D eigenvalue weighted by Crippen LogP contribution is -2.62. The molecule has 1 saturated heterocycles. The Kier molecular flexibility index (Phi) is 6.90. The highest BCUT2D eigenvalue weighted by molar-refractivity contribution is 6.10.